The maximum atomic E-state index is 12.9. The van der Waals surface area contributed by atoms with Crippen LogP contribution in [0.5, 0.6) is 0 Å². The molecule has 0 N–H and O–H groups in total. The zero-order chi connectivity index (χ0) is 14.0. The lowest BCUT2D eigenvalue weighted by Crippen LogP contribution is -2.26. The Morgan fingerprint density at radius 2 is 1.63 bits per heavy atom. The number of rotatable bonds is 3. The van der Waals surface area contributed by atoms with Crippen LogP contribution in [0.2, 0.25) is 0 Å². The molecule has 2 aromatic carbocycles. The number of hydrogen-bond donors (Lipinski definition) is 0. The molecule has 6 heteroatoms. The predicted octanol–water partition coefficient (Wildman–Crippen LogP) is 3.41. The minimum absolute atomic E-state index is 0.168. The first-order chi connectivity index (χ1) is 8.93. The van der Waals surface area contributed by atoms with Crippen LogP contribution in [0.4, 0.5) is 10.1 Å². The van der Waals surface area contributed by atoms with Crippen LogP contribution in [-0.2, 0) is 10.0 Å². The fourth-order valence-electron chi connectivity index (χ4n) is 1.59. The number of sulfonamides is 1. The summed E-state index contributed by atoms with van der Waals surface area (Å²) in [6.45, 7) is 0. The van der Waals surface area contributed by atoms with Gasteiger partial charge in [0.2, 0.25) is 0 Å². The van der Waals surface area contributed by atoms with E-state index in [0.29, 0.717) is 10.2 Å². The predicted molar refractivity (Wildman–Crippen MR) is 76.1 cm³/mol. The summed E-state index contributed by atoms with van der Waals surface area (Å²) in [5, 5.41) is 0. The van der Waals surface area contributed by atoms with Gasteiger partial charge >= 0.3 is 0 Å². The molecule has 0 bridgehead atoms. The normalized spacial score (nSPS) is 11.3. The van der Waals surface area contributed by atoms with Crippen molar-refractivity contribution < 1.29 is 12.8 Å². The van der Waals surface area contributed by atoms with Crippen LogP contribution in [0.25, 0.3) is 0 Å². The average molecular weight is 344 g/mol. The molecule has 2 rings (SSSR count). The number of benzene rings is 2. The molecule has 0 radical (unpaired) electrons. The zero-order valence-electron chi connectivity index (χ0n) is 10.0. The van der Waals surface area contributed by atoms with Crippen LogP contribution in [-0.4, -0.2) is 15.5 Å². The number of halogens is 2. The molecular weight excluding hydrogens is 333 g/mol. The van der Waals surface area contributed by atoms with E-state index in [-0.39, 0.29) is 4.90 Å². The summed E-state index contributed by atoms with van der Waals surface area (Å²) in [5.74, 6) is -0.407. The molecule has 3 nitrogen and oxygen atoms in total. The van der Waals surface area contributed by atoms with Crippen molar-refractivity contribution in [3.8, 4) is 0 Å². The fourth-order valence-corrected chi connectivity index (χ4v) is 3.75. The Hall–Kier alpha value is -1.40. The van der Waals surface area contributed by atoms with Crippen LogP contribution in [0.1, 0.15) is 0 Å². The molecule has 0 saturated carbocycles. The Labute approximate surface area is 119 Å². The first-order valence-electron chi connectivity index (χ1n) is 5.42. The molecule has 0 aromatic heterocycles. The van der Waals surface area contributed by atoms with Crippen molar-refractivity contribution in [1.82, 2.24) is 0 Å². The first kappa shape index (κ1) is 14.0. The summed E-state index contributed by atoms with van der Waals surface area (Å²) in [6, 6.07) is 11.8. The van der Waals surface area contributed by atoms with Crippen LogP contribution in [0.3, 0.4) is 0 Å². The van der Waals surface area contributed by atoms with Gasteiger partial charge in [-0.1, -0.05) is 12.1 Å². The largest absolute Gasteiger partial charge is 0.269 e. The van der Waals surface area contributed by atoms with E-state index in [4.69, 9.17) is 0 Å². The van der Waals surface area contributed by atoms with Crippen LogP contribution < -0.4 is 4.31 Å². The van der Waals surface area contributed by atoms with Crippen molar-refractivity contribution in [3.05, 3.63) is 58.8 Å². The molecule has 0 atom stereocenters. The fraction of sp³-hybridized carbons (Fsp3) is 0.0769. The highest BCUT2D eigenvalue weighted by atomic mass is 79.9. The van der Waals surface area contributed by atoms with Gasteiger partial charge in [0.15, 0.2) is 0 Å². The van der Waals surface area contributed by atoms with Crippen molar-refractivity contribution >= 4 is 31.6 Å². The third-order valence-corrected chi connectivity index (χ3v) is 5.46. The molecular formula is C13H11BrFNO2S. The maximum absolute atomic E-state index is 12.9. The van der Waals surface area contributed by atoms with E-state index < -0.39 is 15.8 Å². The second-order valence-electron chi connectivity index (χ2n) is 3.88. The summed E-state index contributed by atoms with van der Waals surface area (Å²) < 4.78 is 39.3. The van der Waals surface area contributed by atoms with Crippen molar-refractivity contribution in [1.29, 1.82) is 0 Å². The van der Waals surface area contributed by atoms with Gasteiger partial charge in [-0.2, -0.15) is 0 Å². The second-order valence-corrected chi connectivity index (χ2v) is 6.67. The minimum atomic E-state index is -3.67. The molecule has 0 heterocycles. The number of nitrogens with zero attached hydrogens (tertiary/aromatic N) is 1. The van der Waals surface area contributed by atoms with Gasteiger partial charge < -0.3 is 0 Å². The summed E-state index contributed by atoms with van der Waals surface area (Å²) in [5.41, 5.74) is 0.400. The number of anilines is 1. The molecule has 2 aromatic rings. The summed E-state index contributed by atoms with van der Waals surface area (Å²) in [6.07, 6.45) is 0. The second kappa shape index (κ2) is 5.30. The van der Waals surface area contributed by atoms with Crippen molar-refractivity contribution in [3.63, 3.8) is 0 Å². The highest BCUT2D eigenvalue weighted by molar-refractivity contribution is 9.10. The SMILES string of the molecule is CN(c1ccc(F)cc1)S(=O)(=O)c1ccccc1Br. The van der Waals surface area contributed by atoms with Crippen LogP contribution in [0, 0.1) is 5.82 Å². The molecule has 0 saturated heterocycles. The lowest BCUT2D eigenvalue weighted by atomic mass is 10.3. The monoisotopic (exact) mass is 343 g/mol. The topological polar surface area (TPSA) is 37.4 Å². The minimum Gasteiger partial charge on any atom is -0.269 e. The molecule has 19 heavy (non-hydrogen) atoms. The molecule has 0 aliphatic rings. The van der Waals surface area contributed by atoms with Crippen molar-refractivity contribution in [2.75, 3.05) is 11.4 Å². The molecule has 0 unspecified atom stereocenters. The van der Waals surface area contributed by atoms with Gasteiger partial charge in [-0.25, -0.2) is 12.8 Å². The number of hydrogen-bond acceptors (Lipinski definition) is 2. The first-order valence-corrected chi connectivity index (χ1v) is 7.65. The molecule has 0 aliphatic carbocycles. The van der Waals surface area contributed by atoms with Crippen LogP contribution >= 0.6 is 15.9 Å². The van der Waals surface area contributed by atoms with E-state index in [1.54, 1.807) is 18.2 Å². The molecule has 0 amide bonds. The van der Waals surface area contributed by atoms with Gasteiger partial charge in [-0.3, -0.25) is 4.31 Å². The van der Waals surface area contributed by atoms with Crippen molar-refractivity contribution in [2.45, 2.75) is 4.90 Å². The maximum Gasteiger partial charge on any atom is 0.265 e. The van der Waals surface area contributed by atoms with Gasteiger partial charge in [0, 0.05) is 11.5 Å². The smallest absolute Gasteiger partial charge is 0.265 e. The van der Waals surface area contributed by atoms with Crippen LogP contribution in [0.15, 0.2) is 57.9 Å². The molecule has 0 aliphatic heterocycles. The van der Waals surface area contributed by atoms with E-state index in [2.05, 4.69) is 15.9 Å². The van der Waals surface area contributed by atoms with Gasteiger partial charge in [-0.05, 0) is 52.3 Å². The van der Waals surface area contributed by atoms with E-state index >= 15 is 0 Å². The quantitative estimate of drug-likeness (QED) is 0.856. The molecule has 0 spiro atoms. The zero-order valence-corrected chi connectivity index (χ0v) is 12.4. The lowest BCUT2D eigenvalue weighted by Gasteiger charge is -2.20. The Morgan fingerprint density at radius 3 is 2.21 bits per heavy atom. The Morgan fingerprint density at radius 1 is 1.05 bits per heavy atom. The summed E-state index contributed by atoms with van der Waals surface area (Å²) in [7, 11) is -2.24. The summed E-state index contributed by atoms with van der Waals surface area (Å²) in [4.78, 5) is 0.168. The van der Waals surface area contributed by atoms with E-state index in [9.17, 15) is 12.8 Å². The summed E-state index contributed by atoms with van der Waals surface area (Å²) >= 11 is 3.22. The Kier molecular flexibility index (Phi) is 3.91. The highest BCUT2D eigenvalue weighted by Crippen LogP contribution is 2.27. The third kappa shape index (κ3) is 2.79. The van der Waals surface area contributed by atoms with Gasteiger partial charge in [0.1, 0.15) is 10.7 Å². The average Bonchev–Trinajstić information content (AvgIpc) is 2.39. The Balaban J connectivity index is 2.45. The van der Waals surface area contributed by atoms with E-state index in [0.717, 1.165) is 4.31 Å². The van der Waals surface area contributed by atoms with E-state index in [1.165, 1.54) is 37.4 Å². The molecule has 100 valence electrons. The standard InChI is InChI=1S/C13H11BrFNO2S/c1-16(11-8-6-10(15)7-9-11)19(17,18)13-5-3-2-4-12(13)14/h2-9H,1H3. The lowest BCUT2D eigenvalue weighted by molar-refractivity contribution is 0.593. The van der Waals surface area contributed by atoms with Gasteiger partial charge in [0.05, 0.1) is 5.69 Å². The van der Waals surface area contributed by atoms with Crippen molar-refractivity contribution in [2.24, 2.45) is 0 Å². The van der Waals surface area contributed by atoms with E-state index in [1.807, 2.05) is 0 Å². The molecule has 0 fully saturated rings. The van der Waals surface area contributed by atoms with Gasteiger partial charge in [-0.15, -0.1) is 0 Å². The Bertz CT molecular complexity index is 686. The highest BCUT2D eigenvalue weighted by Gasteiger charge is 2.23. The van der Waals surface area contributed by atoms with Gasteiger partial charge in [0.25, 0.3) is 10.0 Å². The third-order valence-electron chi connectivity index (χ3n) is 2.67.